The molecular formula is C71H118N18O32. The van der Waals surface area contributed by atoms with E-state index in [2.05, 4.69) is 69.1 Å². The van der Waals surface area contributed by atoms with Gasteiger partial charge in [-0.25, -0.2) is 4.79 Å². The van der Waals surface area contributed by atoms with Crippen LogP contribution in [0.5, 0.6) is 0 Å². The van der Waals surface area contributed by atoms with Gasteiger partial charge in [-0.15, -0.1) is 0 Å². The van der Waals surface area contributed by atoms with Crippen LogP contribution in [-0.2, 0) is 101 Å². The molecule has 1 aliphatic rings. The van der Waals surface area contributed by atoms with E-state index in [1.807, 2.05) is 10.6 Å². The molecule has 1 heterocycles. The topological polar surface area (TPSA) is 817 Å². The number of amides is 17. The van der Waals surface area contributed by atoms with Crippen LogP contribution in [0.3, 0.4) is 0 Å². The number of likely N-dealkylation sites (tertiary alicyclic amines) is 1. The van der Waals surface area contributed by atoms with Gasteiger partial charge in [0.15, 0.2) is 0 Å². The molecule has 0 unspecified atom stereocenters. The van der Waals surface area contributed by atoms with Gasteiger partial charge in [0.05, 0.1) is 69.5 Å². The van der Waals surface area contributed by atoms with Crippen LogP contribution in [0.15, 0.2) is 0 Å². The van der Waals surface area contributed by atoms with E-state index in [-0.39, 0.29) is 25.8 Å². The van der Waals surface area contributed by atoms with Gasteiger partial charge < -0.3 is 152 Å². The zero-order valence-electron chi connectivity index (χ0n) is 69.0. The molecule has 0 radical (unpaired) electrons. The largest absolute Gasteiger partial charge is 0.481 e. The number of nitrogens with one attached hydrogen (secondary N) is 15. The van der Waals surface area contributed by atoms with Crippen molar-refractivity contribution in [2.45, 2.75) is 269 Å². The van der Waals surface area contributed by atoms with Crippen molar-refractivity contribution >= 4 is 124 Å². The first-order valence-electron chi connectivity index (χ1n) is 38.4. The molecule has 121 heavy (non-hydrogen) atoms. The zero-order valence-corrected chi connectivity index (χ0v) is 69.0. The number of rotatable bonds is 53. The molecule has 0 saturated carbocycles. The molecule has 21 atom stereocenters. The van der Waals surface area contributed by atoms with Crippen molar-refractivity contribution < 1.29 is 157 Å². The molecule has 1 rings (SSSR count). The van der Waals surface area contributed by atoms with E-state index in [4.69, 9.17) is 11.5 Å². The standard InChI is InChI=1S/C71H118N18O32/c1-26(2)19-36(78-67(116)53(32(11)94)86-60(109)39(22-47(103)104)79-64(113)49(27(3)4)84-69(118)55(34(13)96)87-59(108)38(21-46(101)102)77-63(112)48(73)30(9)92)58(107)85-52(31(10)93)66(115)75-35(16-17-45(99)100)57(106)76-37(20-43(72)97)56(105)74-23-44(98)82-51(29(7)8)70(119)89-18-14-15-42(89)62(111)83-50(28(5)6)65(114)88-54(33(12)95)68(117)80-40(24-90)61(110)81-41(25-91)71(120)121/h26-42,48-55,90-96H,14-25,73H2,1-13H3,(H2,72,97)(H,74,105)(H,75,115)(H,76,106)(H,77,112)(H,78,116)(H,79,113)(H,80,117)(H,81,110)(H,82,98)(H,83,111)(H,84,118)(H,85,107)(H,86,109)(H,87,108)(H,88,114)(H,99,100)(H,101,102)(H,103,104)(H,120,121)/t30-,31-,32-,33-,34-,35+,36+,37+,38+,39+,40+,41+,42+,48+,49+,50+,51+,52+,53+,54+,55+/m1/s1. The lowest BCUT2D eigenvalue weighted by atomic mass is 10.0. The minimum absolute atomic E-state index is 0.0192. The number of carboxylic acids is 4. The Hall–Kier alpha value is -11.4. The Balaban J connectivity index is 3.45. The fourth-order valence-electron chi connectivity index (χ4n) is 11.6. The lowest BCUT2D eigenvalue weighted by Crippen LogP contribution is -2.63. The molecule has 50 heteroatoms. The zero-order chi connectivity index (χ0) is 93.2. The molecule has 0 aromatic heterocycles. The molecule has 0 bridgehead atoms. The number of aliphatic carboxylic acids is 4. The highest BCUT2D eigenvalue weighted by molar-refractivity contribution is 6.02. The second-order valence-electron chi connectivity index (χ2n) is 30.4. The summed E-state index contributed by atoms with van der Waals surface area (Å²) in [5.41, 5.74) is 11.0. The van der Waals surface area contributed by atoms with Crippen LogP contribution in [0.1, 0.15) is 141 Å². The highest BCUT2D eigenvalue weighted by Crippen LogP contribution is 2.22. The molecule has 50 nitrogen and oxygen atoms in total. The predicted molar refractivity (Wildman–Crippen MR) is 412 cm³/mol. The van der Waals surface area contributed by atoms with Crippen LogP contribution < -0.4 is 91.2 Å². The predicted octanol–water partition coefficient (Wildman–Crippen LogP) is -13.1. The number of aliphatic hydroxyl groups is 7. The number of carbonyl (C=O) groups excluding carboxylic acids is 17. The molecular weight excluding hydrogens is 1620 g/mol. The fourth-order valence-corrected chi connectivity index (χ4v) is 11.6. The van der Waals surface area contributed by atoms with Crippen molar-refractivity contribution in [2.75, 3.05) is 26.3 Å². The number of nitrogens with zero attached hydrogens (tertiary/aromatic N) is 1. The van der Waals surface area contributed by atoms with Crippen molar-refractivity contribution in [1.82, 2.24) is 84.7 Å². The maximum absolute atomic E-state index is 14.3. The Labute approximate surface area is 693 Å². The number of hydrogen-bond acceptors (Lipinski definition) is 29. The van der Waals surface area contributed by atoms with E-state index in [0.717, 1.165) is 39.5 Å². The summed E-state index contributed by atoms with van der Waals surface area (Å²) in [5, 5.41) is 142. The van der Waals surface area contributed by atoms with Crippen molar-refractivity contribution in [3.63, 3.8) is 0 Å². The van der Waals surface area contributed by atoms with Crippen molar-refractivity contribution in [1.29, 1.82) is 0 Å². The highest BCUT2D eigenvalue weighted by atomic mass is 16.4. The third kappa shape index (κ3) is 36.2. The summed E-state index contributed by atoms with van der Waals surface area (Å²) < 4.78 is 0. The van der Waals surface area contributed by atoms with Crippen LogP contribution >= 0.6 is 0 Å². The Kier molecular flexibility index (Phi) is 45.5. The number of nitrogens with two attached hydrogens (primary N) is 2. The number of primary amides is 1. The van der Waals surface area contributed by atoms with Gasteiger partial charge in [0.25, 0.3) is 0 Å². The third-order valence-electron chi connectivity index (χ3n) is 18.4. The monoisotopic (exact) mass is 1730 g/mol. The van der Waals surface area contributed by atoms with E-state index in [1.165, 1.54) is 41.5 Å². The first-order chi connectivity index (χ1) is 56.0. The maximum Gasteiger partial charge on any atom is 0.328 e. The van der Waals surface area contributed by atoms with E-state index < -0.39 is 327 Å². The minimum Gasteiger partial charge on any atom is -0.481 e. The number of carbonyl (C=O) groups is 21. The second kappa shape index (κ2) is 51.2. The van der Waals surface area contributed by atoms with Crippen LogP contribution in [0.2, 0.25) is 0 Å². The van der Waals surface area contributed by atoms with Crippen molar-refractivity contribution in [2.24, 2.45) is 35.1 Å². The normalized spacial score (nSPS) is 17.6. The minimum atomic E-state index is -2.16. The summed E-state index contributed by atoms with van der Waals surface area (Å²) in [6.07, 6.45) is -14.0. The molecule has 0 aliphatic carbocycles. The van der Waals surface area contributed by atoms with Crippen molar-refractivity contribution in [3.8, 4) is 0 Å². The summed E-state index contributed by atoms with van der Waals surface area (Å²) >= 11 is 0. The van der Waals surface area contributed by atoms with Gasteiger partial charge in [-0.1, -0.05) is 55.4 Å². The summed E-state index contributed by atoms with van der Waals surface area (Å²) in [5.74, 6) is -30.6. The third-order valence-corrected chi connectivity index (χ3v) is 18.4. The highest BCUT2D eigenvalue weighted by Gasteiger charge is 2.44. The quantitative estimate of drug-likeness (QED) is 0.0269. The van der Waals surface area contributed by atoms with E-state index in [0.29, 0.717) is 0 Å². The Morgan fingerprint density at radius 1 is 0.364 bits per heavy atom. The lowest BCUT2D eigenvalue weighted by Gasteiger charge is -2.32. The molecule has 0 aromatic rings. The van der Waals surface area contributed by atoms with Crippen LogP contribution in [-0.4, -0.2) is 339 Å². The van der Waals surface area contributed by atoms with Crippen LogP contribution in [0.25, 0.3) is 0 Å². The molecule has 1 saturated heterocycles. The smallest absolute Gasteiger partial charge is 0.328 e. The molecule has 1 fully saturated rings. The Morgan fingerprint density at radius 3 is 1.10 bits per heavy atom. The van der Waals surface area contributed by atoms with Crippen LogP contribution in [0.4, 0.5) is 0 Å². The Bertz CT molecular complexity index is 3690. The van der Waals surface area contributed by atoms with Crippen LogP contribution in [0, 0.1) is 23.7 Å². The SMILES string of the molecule is CC(C)C[C@H](NC(=O)[C@@H](NC(=O)[C@H](CC(=O)O)NC(=O)[C@@H](NC(=O)[C@@H](NC(=O)[C@H](CC(=O)O)NC(=O)[C@@H](N)[C@@H](C)O)[C@@H](C)O)C(C)C)[C@@H](C)O)C(=O)N[C@H](C(=O)N[C@@H](CCC(=O)O)C(=O)N[C@@H](CC(N)=O)C(=O)NCC(=O)N[C@H](C(=O)N1CCC[C@H]1C(=O)N[C@H](C(=O)N[C@H](C(=O)N[C@@H](CO)C(=O)N[C@@H](CO)C(=O)O)[C@@H](C)O)C(C)C)C(C)C)[C@@H](C)O. The first kappa shape index (κ1) is 108. The number of hydrogen-bond donors (Lipinski definition) is 28. The summed E-state index contributed by atoms with van der Waals surface area (Å²) in [6, 6.07) is -29.3. The van der Waals surface area contributed by atoms with Gasteiger partial charge in [-0.05, 0) is 84.0 Å². The summed E-state index contributed by atoms with van der Waals surface area (Å²) in [4.78, 5) is 280. The van der Waals surface area contributed by atoms with E-state index in [1.54, 1.807) is 13.8 Å². The van der Waals surface area contributed by atoms with Gasteiger partial charge in [0, 0.05) is 13.0 Å². The van der Waals surface area contributed by atoms with Gasteiger partial charge in [0.2, 0.25) is 100 Å². The van der Waals surface area contributed by atoms with Gasteiger partial charge in [-0.2, -0.15) is 0 Å². The Morgan fingerprint density at radius 2 is 0.702 bits per heavy atom. The average Bonchev–Trinajstić information content (AvgIpc) is 1.70. The van der Waals surface area contributed by atoms with Crippen molar-refractivity contribution in [3.05, 3.63) is 0 Å². The number of aliphatic hydroxyl groups excluding tert-OH is 7. The second-order valence-corrected chi connectivity index (χ2v) is 30.4. The maximum atomic E-state index is 14.3. The molecule has 17 amide bonds. The van der Waals surface area contributed by atoms with Gasteiger partial charge >= 0.3 is 23.9 Å². The number of carboxylic acid groups (broad SMARTS) is 4. The fraction of sp³-hybridized carbons (Fsp3) is 0.704. The van der Waals surface area contributed by atoms with Gasteiger partial charge in [0.1, 0.15) is 96.7 Å². The van der Waals surface area contributed by atoms with E-state index >= 15 is 0 Å². The molecule has 30 N–H and O–H groups in total. The van der Waals surface area contributed by atoms with Gasteiger partial charge in [-0.3, -0.25) is 95.9 Å². The lowest BCUT2D eigenvalue weighted by molar-refractivity contribution is -0.144. The molecule has 0 spiro atoms. The first-order valence-corrected chi connectivity index (χ1v) is 38.4. The van der Waals surface area contributed by atoms with E-state index in [9.17, 15) is 157 Å². The molecule has 0 aromatic carbocycles. The molecule has 684 valence electrons. The summed E-state index contributed by atoms with van der Waals surface area (Å²) in [6.45, 7) is 13.6. The average molecular weight is 1740 g/mol. The summed E-state index contributed by atoms with van der Waals surface area (Å²) in [7, 11) is 0. The molecule has 1 aliphatic heterocycles.